The molecule has 0 N–H and O–H groups in total. The van der Waals surface area contributed by atoms with Gasteiger partial charge in [0.05, 0.1) is 0 Å². The number of hydrogen-bond donors (Lipinski definition) is 0. The predicted molar refractivity (Wildman–Crippen MR) is 72.8 cm³/mol. The van der Waals surface area contributed by atoms with E-state index < -0.39 is 0 Å². The van der Waals surface area contributed by atoms with Gasteiger partial charge in [-0.1, -0.05) is 0 Å². The third kappa shape index (κ3) is 2.52. The average Bonchev–Trinajstić information content (AvgIpc) is 2.71. The molecule has 3 rings (SSSR count). The zero-order valence-electron chi connectivity index (χ0n) is 11.6. The lowest BCUT2D eigenvalue weighted by molar-refractivity contribution is 0.0186. The Kier molecular flexibility index (Phi) is 3.09. The predicted octanol–water partition coefficient (Wildman–Crippen LogP) is 3.15. The lowest BCUT2D eigenvalue weighted by Gasteiger charge is -2.21. The number of rotatable bonds is 2. The largest absolute Gasteiger partial charge is 0.487 e. The molecule has 102 valence electrons. The van der Waals surface area contributed by atoms with Gasteiger partial charge in [-0.2, -0.15) is 0 Å². The number of benzene rings is 1. The molecule has 1 aromatic rings. The normalized spacial score (nSPS) is 24.6. The summed E-state index contributed by atoms with van der Waals surface area (Å²) < 4.78 is 11.4. The van der Waals surface area contributed by atoms with Gasteiger partial charge < -0.3 is 9.47 Å². The highest BCUT2D eigenvalue weighted by atomic mass is 16.5. The molecule has 1 fully saturated rings. The summed E-state index contributed by atoms with van der Waals surface area (Å²) in [5, 5.41) is 0. The fourth-order valence-electron chi connectivity index (χ4n) is 2.90. The van der Waals surface area contributed by atoms with E-state index in [-0.39, 0.29) is 17.5 Å². The van der Waals surface area contributed by atoms with Crippen molar-refractivity contribution < 1.29 is 14.3 Å². The van der Waals surface area contributed by atoms with Crippen LogP contribution in [0, 0.1) is 0 Å². The standard InChI is InChI=1S/C16H20O3/c1-16(2)10-12-9-11(6-7-13(12)19-16)15(17)14-5-3-4-8-18-14/h6-7,9,14H,3-5,8,10H2,1-2H3. The molecule has 0 radical (unpaired) electrons. The van der Waals surface area contributed by atoms with E-state index in [2.05, 4.69) is 13.8 Å². The van der Waals surface area contributed by atoms with Crippen LogP contribution in [0.4, 0.5) is 0 Å². The second kappa shape index (κ2) is 4.64. The van der Waals surface area contributed by atoms with Crippen molar-refractivity contribution in [1.82, 2.24) is 0 Å². The Hall–Kier alpha value is -1.35. The smallest absolute Gasteiger partial charge is 0.191 e. The van der Waals surface area contributed by atoms with Crippen molar-refractivity contribution in [2.45, 2.75) is 51.2 Å². The lowest BCUT2D eigenvalue weighted by Crippen LogP contribution is -2.28. The summed E-state index contributed by atoms with van der Waals surface area (Å²) in [5.74, 6) is 1.03. The van der Waals surface area contributed by atoms with Crippen LogP contribution < -0.4 is 4.74 Å². The Labute approximate surface area is 113 Å². The molecule has 0 aliphatic carbocycles. The number of ketones is 1. The molecule has 2 heterocycles. The van der Waals surface area contributed by atoms with Crippen LogP contribution in [0.1, 0.15) is 49.0 Å². The van der Waals surface area contributed by atoms with Crippen molar-refractivity contribution in [3.05, 3.63) is 29.3 Å². The minimum atomic E-state index is -0.248. The van der Waals surface area contributed by atoms with E-state index in [1.807, 2.05) is 18.2 Å². The minimum absolute atomic E-state index is 0.118. The molecule has 0 amide bonds. The first kappa shape index (κ1) is 12.7. The molecule has 1 atom stereocenters. The number of ether oxygens (including phenoxy) is 2. The van der Waals surface area contributed by atoms with Gasteiger partial charge >= 0.3 is 0 Å². The topological polar surface area (TPSA) is 35.5 Å². The molecule has 3 heteroatoms. The maximum absolute atomic E-state index is 12.4. The molecule has 1 aromatic carbocycles. The van der Waals surface area contributed by atoms with Crippen LogP contribution in [0.2, 0.25) is 0 Å². The zero-order chi connectivity index (χ0) is 13.5. The third-order valence-corrected chi connectivity index (χ3v) is 3.82. The van der Waals surface area contributed by atoms with Gasteiger partial charge in [-0.25, -0.2) is 0 Å². The molecule has 0 bridgehead atoms. The zero-order valence-corrected chi connectivity index (χ0v) is 11.6. The first-order valence-electron chi connectivity index (χ1n) is 7.03. The van der Waals surface area contributed by atoms with E-state index in [0.717, 1.165) is 42.6 Å². The van der Waals surface area contributed by atoms with Crippen LogP contribution >= 0.6 is 0 Å². The van der Waals surface area contributed by atoms with Gasteiger partial charge in [-0.05, 0) is 56.9 Å². The number of hydrogen-bond acceptors (Lipinski definition) is 3. The molecule has 1 saturated heterocycles. The van der Waals surface area contributed by atoms with Gasteiger partial charge in [0.15, 0.2) is 5.78 Å². The molecule has 2 aliphatic heterocycles. The van der Waals surface area contributed by atoms with Crippen LogP contribution in [0.5, 0.6) is 5.75 Å². The van der Waals surface area contributed by atoms with Gasteiger partial charge in [0.25, 0.3) is 0 Å². The van der Waals surface area contributed by atoms with Gasteiger partial charge in [0.1, 0.15) is 17.5 Å². The van der Waals surface area contributed by atoms with Gasteiger partial charge in [-0.3, -0.25) is 4.79 Å². The highest BCUT2D eigenvalue weighted by Crippen LogP contribution is 2.35. The molecular weight excluding hydrogens is 240 g/mol. The first-order chi connectivity index (χ1) is 9.05. The highest BCUT2D eigenvalue weighted by molar-refractivity contribution is 5.99. The lowest BCUT2D eigenvalue weighted by atomic mass is 9.96. The molecular formula is C16H20O3. The van der Waals surface area contributed by atoms with Gasteiger partial charge in [-0.15, -0.1) is 0 Å². The van der Waals surface area contributed by atoms with Crippen LogP contribution in [-0.2, 0) is 11.2 Å². The first-order valence-corrected chi connectivity index (χ1v) is 7.03. The fourth-order valence-corrected chi connectivity index (χ4v) is 2.90. The highest BCUT2D eigenvalue weighted by Gasteiger charge is 2.31. The minimum Gasteiger partial charge on any atom is -0.487 e. The van der Waals surface area contributed by atoms with Gasteiger partial charge in [0.2, 0.25) is 0 Å². The van der Waals surface area contributed by atoms with Crippen LogP contribution in [0.15, 0.2) is 18.2 Å². The Morgan fingerprint density at radius 3 is 2.89 bits per heavy atom. The van der Waals surface area contributed by atoms with Crippen molar-refractivity contribution in [2.24, 2.45) is 0 Å². The summed E-state index contributed by atoms with van der Waals surface area (Å²) in [4.78, 5) is 12.4. The summed E-state index contributed by atoms with van der Waals surface area (Å²) in [6.45, 7) is 4.84. The van der Waals surface area contributed by atoms with Crippen LogP contribution in [-0.4, -0.2) is 24.1 Å². The number of carbonyl (C=O) groups is 1. The Morgan fingerprint density at radius 1 is 1.32 bits per heavy atom. The summed E-state index contributed by atoms with van der Waals surface area (Å²) in [7, 11) is 0. The third-order valence-electron chi connectivity index (χ3n) is 3.82. The van der Waals surface area contributed by atoms with Crippen LogP contribution in [0.3, 0.4) is 0 Å². The summed E-state index contributed by atoms with van der Waals surface area (Å²) in [6.07, 6.45) is 3.60. The quantitative estimate of drug-likeness (QED) is 0.766. The molecule has 0 saturated carbocycles. The molecule has 1 unspecified atom stereocenters. The van der Waals surface area contributed by atoms with Crippen molar-refractivity contribution in [3.8, 4) is 5.75 Å². The average molecular weight is 260 g/mol. The fraction of sp³-hybridized carbons (Fsp3) is 0.562. The van der Waals surface area contributed by atoms with Crippen LogP contribution in [0.25, 0.3) is 0 Å². The summed E-state index contributed by atoms with van der Waals surface area (Å²) in [5.41, 5.74) is 1.73. The van der Waals surface area contributed by atoms with E-state index in [1.54, 1.807) is 0 Å². The Morgan fingerprint density at radius 2 is 2.16 bits per heavy atom. The maximum atomic E-state index is 12.4. The Bertz CT molecular complexity index is 499. The molecule has 0 spiro atoms. The summed E-state index contributed by atoms with van der Waals surface area (Å²) >= 11 is 0. The van der Waals surface area contributed by atoms with Crippen molar-refractivity contribution in [1.29, 1.82) is 0 Å². The van der Waals surface area contributed by atoms with Crippen molar-refractivity contribution in [3.63, 3.8) is 0 Å². The number of fused-ring (bicyclic) bond motifs is 1. The molecule has 3 nitrogen and oxygen atoms in total. The Balaban J connectivity index is 1.81. The maximum Gasteiger partial charge on any atom is 0.191 e. The summed E-state index contributed by atoms with van der Waals surface area (Å²) in [6, 6.07) is 5.76. The molecule has 0 aromatic heterocycles. The SMILES string of the molecule is CC1(C)Cc2cc(C(=O)C3CCCCO3)ccc2O1. The van der Waals surface area contributed by atoms with Crippen molar-refractivity contribution >= 4 is 5.78 Å². The second-order valence-corrected chi connectivity index (χ2v) is 6.08. The number of carbonyl (C=O) groups excluding carboxylic acids is 1. The van der Waals surface area contributed by atoms with Gasteiger partial charge in [0, 0.05) is 18.6 Å². The molecule has 19 heavy (non-hydrogen) atoms. The van der Waals surface area contributed by atoms with E-state index >= 15 is 0 Å². The monoisotopic (exact) mass is 260 g/mol. The van der Waals surface area contributed by atoms with E-state index in [4.69, 9.17) is 9.47 Å². The number of Topliss-reactive ketones (excluding diaryl/α,β-unsaturated/α-hetero) is 1. The van der Waals surface area contributed by atoms with E-state index in [1.165, 1.54) is 0 Å². The van der Waals surface area contributed by atoms with E-state index in [9.17, 15) is 4.79 Å². The van der Waals surface area contributed by atoms with Crippen molar-refractivity contribution in [2.75, 3.05) is 6.61 Å². The second-order valence-electron chi connectivity index (χ2n) is 6.08. The molecule has 2 aliphatic rings. The van der Waals surface area contributed by atoms with E-state index in [0.29, 0.717) is 6.61 Å².